The number of ether oxygens (including phenoxy) is 1. The summed E-state index contributed by atoms with van der Waals surface area (Å²) in [5.41, 5.74) is 0.117. The second-order valence-electron chi connectivity index (χ2n) is 4.11. The Morgan fingerprint density at radius 2 is 2.00 bits per heavy atom. The van der Waals surface area contributed by atoms with Crippen molar-refractivity contribution >= 4 is 27.8 Å². The number of hydrogen-bond donors (Lipinski definition) is 0. The highest BCUT2D eigenvalue weighted by Gasteiger charge is 2.01. The molecule has 0 fully saturated rings. The van der Waals surface area contributed by atoms with E-state index in [2.05, 4.69) is 0 Å². The summed E-state index contributed by atoms with van der Waals surface area (Å²) in [5.74, 6) is 0.638. The monoisotopic (exact) mass is 280 g/mol. The Morgan fingerprint density at radius 1 is 1.21 bits per heavy atom. The highest BCUT2D eigenvalue weighted by atomic mass is 35.5. The number of fused-ring (bicyclic) bond motifs is 1. The Labute approximate surface area is 114 Å². The summed E-state index contributed by atoms with van der Waals surface area (Å²) in [4.78, 5) is 21.6. The van der Waals surface area contributed by atoms with Gasteiger partial charge in [-0.3, -0.25) is 4.79 Å². The second kappa shape index (κ2) is 6.38. The number of hydrogen-bond acceptors (Lipinski definition) is 4. The molecule has 2 rings (SSSR count). The van der Waals surface area contributed by atoms with E-state index in [-0.39, 0.29) is 10.9 Å². The van der Waals surface area contributed by atoms with Crippen molar-refractivity contribution < 1.29 is 13.9 Å². The average molecular weight is 281 g/mol. The number of unbranched alkanes of at least 4 members (excludes halogenated alkanes) is 1. The van der Waals surface area contributed by atoms with E-state index in [1.54, 1.807) is 12.1 Å². The standard InChI is InChI=1S/C14H13ClO4/c15-13(16)3-1-2-8-18-11-6-4-10-5-7-14(17)19-12(10)9-11/h4-7,9H,1-3,8H2. The van der Waals surface area contributed by atoms with Gasteiger partial charge in [-0.25, -0.2) is 4.79 Å². The molecule has 100 valence electrons. The van der Waals surface area contributed by atoms with Crippen molar-refractivity contribution in [1.82, 2.24) is 0 Å². The first-order chi connectivity index (χ1) is 9.15. The van der Waals surface area contributed by atoms with Crippen molar-refractivity contribution in [3.63, 3.8) is 0 Å². The zero-order chi connectivity index (χ0) is 13.7. The summed E-state index contributed by atoms with van der Waals surface area (Å²) >= 11 is 5.23. The molecule has 0 unspecified atom stereocenters. The third-order valence-electron chi connectivity index (χ3n) is 2.63. The Balaban J connectivity index is 1.94. The summed E-state index contributed by atoms with van der Waals surface area (Å²) < 4.78 is 10.6. The van der Waals surface area contributed by atoms with Crippen LogP contribution in [0.4, 0.5) is 0 Å². The molecule has 0 amide bonds. The smallest absolute Gasteiger partial charge is 0.336 e. The van der Waals surface area contributed by atoms with Gasteiger partial charge in [-0.2, -0.15) is 0 Å². The topological polar surface area (TPSA) is 56.5 Å². The van der Waals surface area contributed by atoms with Crippen LogP contribution in [0, 0.1) is 0 Å². The molecule has 0 saturated heterocycles. The van der Waals surface area contributed by atoms with Crippen LogP contribution >= 0.6 is 11.6 Å². The predicted molar refractivity (Wildman–Crippen MR) is 72.7 cm³/mol. The van der Waals surface area contributed by atoms with Crippen LogP contribution in [-0.2, 0) is 4.79 Å². The molecule has 0 N–H and O–H groups in total. The van der Waals surface area contributed by atoms with Crippen LogP contribution in [0.15, 0.2) is 39.5 Å². The number of rotatable bonds is 6. The molecule has 1 aromatic heterocycles. The number of carbonyl (C=O) groups is 1. The van der Waals surface area contributed by atoms with Gasteiger partial charge in [0, 0.05) is 23.9 Å². The van der Waals surface area contributed by atoms with E-state index in [0.29, 0.717) is 30.8 Å². The maximum Gasteiger partial charge on any atom is 0.336 e. The zero-order valence-electron chi connectivity index (χ0n) is 10.2. The molecule has 0 aliphatic heterocycles. The molecular formula is C14H13ClO4. The molecule has 0 aliphatic rings. The van der Waals surface area contributed by atoms with E-state index in [4.69, 9.17) is 20.8 Å². The molecule has 0 spiro atoms. The summed E-state index contributed by atoms with van der Waals surface area (Å²) in [6.45, 7) is 0.493. The highest BCUT2D eigenvalue weighted by molar-refractivity contribution is 6.63. The average Bonchev–Trinajstić information content (AvgIpc) is 2.37. The van der Waals surface area contributed by atoms with Crippen LogP contribution in [0.2, 0.25) is 0 Å². The fourth-order valence-electron chi connectivity index (χ4n) is 1.69. The Kier molecular flexibility index (Phi) is 4.58. The van der Waals surface area contributed by atoms with E-state index in [1.807, 2.05) is 12.1 Å². The van der Waals surface area contributed by atoms with Gasteiger partial charge >= 0.3 is 5.63 Å². The predicted octanol–water partition coefficient (Wildman–Crippen LogP) is 3.11. The largest absolute Gasteiger partial charge is 0.493 e. The van der Waals surface area contributed by atoms with Crippen LogP contribution < -0.4 is 10.4 Å². The van der Waals surface area contributed by atoms with Crippen molar-refractivity contribution in [2.45, 2.75) is 19.3 Å². The maximum absolute atomic E-state index is 11.1. The Morgan fingerprint density at radius 3 is 2.79 bits per heavy atom. The van der Waals surface area contributed by atoms with Crippen molar-refractivity contribution in [2.75, 3.05) is 6.61 Å². The van der Waals surface area contributed by atoms with Gasteiger partial charge < -0.3 is 9.15 Å². The minimum absolute atomic E-state index is 0.326. The van der Waals surface area contributed by atoms with E-state index in [1.165, 1.54) is 6.07 Å². The number of benzene rings is 1. The van der Waals surface area contributed by atoms with Crippen molar-refractivity contribution in [2.24, 2.45) is 0 Å². The third kappa shape index (κ3) is 4.10. The minimum atomic E-state index is -0.384. The molecule has 19 heavy (non-hydrogen) atoms. The highest BCUT2D eigenvalue weighted by Crippen LogP contribution is 2.19. The van der Waals surface area contributed by atoms with Gasteiger partial charge in [0.15, 0.2) is 0 Å². The minimum Gasteiger partial charge on any atom is -0.493 e. The molecule has 0 atom stereocenters. The molecule has 5 heteroatoms. The molecule has 1 heterocycles. The van der Waals surface area contributed by atoms with Gasteiger partial charge in [0.25, 0.3) is 0 Å². The van der Waals surface area contributed by atoms with Crippen molar-refractivity contribution in [3.05, 3.63) is 40.8 Å². The van der Waals surface area contributed by atoms with Crippen LogP contribution in [0.3, 0.4) is 0 Å². The molecule has 2 aromatic rings. The third-order valence-corrected chi connectivity index (χ3v) is 2.82. The van der Waals surface area contributed by atoms with Gasteiger partial charge in [0.2, 0.25) is 5.24 Å². The summed E-state index contributed by atoms with van der Waals surface area (Å²) in [7, 11) is 0. The zero-order valence-corrected chi connectivity index (χ0v) is 11.0. The molecule has 0 radical (unpaired) electrons. The number of carbonyl (C=O) groups excluding carboxylic acids is 1. The molecule has 0 saturated carbocycles. The summed E-state index contributed by atoms with van der Waals surface area (Å²) in [5, 5.41) is 0.521. The van der Waals surface area contributed by atoms with Gasteiger partial charge in [-0.15, -0.1) is 0 Å². The van der Waals surface area contributed by atoms with Gasteiger partial charge in [0.1, 0.15) is 11.3 Å². The van der Waals surface area contributed by atoms with E-state index < -0.39 is 0 Å². The molecule has 4 nitrogen and oxygen atoms in total. The van der Waals surface area contributed by atoms with E-state index >= 15 is 0 Å². The fraction of sp³-hybridized carbons (Fsp3) is 0.286. The SMILES string of the molecule is O=C(Cl)CCCCOc1ccc2ccc(=O)oc2c1. The Bertz CT molecular complexity index is 633. The first-order valence-corrected chi connectivity index (χ1v) is 6.38. The molecular weight excluding hydrogens is 268 g/mol. The molecule has 1 aromatic carbocycles. The van der Waals surface area contributed by atoms with Crippen LogP contribution in [0.1, 0.15) is 19.3 Å². The molecule has 0 aliphatic carbocycles. The van der Waals surface area contributed by atoms with Gasteiger partial charge in [-0.1, -0.05) is 0 Å². The Hall–Kier alpha value is -1.81. The lowest BCUT2D eigenvalue weighted by atomic mass is 10.2. The lowest BCUT2D eigenvalue weighted by molar-refractivity contribution is -0.111. The second-order valence-corrected chi connectivity index (χ2v) is 4.54. The van der Waals surface area contributed by atoms with Crippen LogP contribution in [0.5, 0.6) is 5.75 Å². The summed E-state index contributed by atoms with van der Waals surface area (Å²) in [6, 6.07) is 8.41. The van der Waals surface area contributed by atoms with Crippen molar-refractivity contribution in [1.29, 1.82) is 0 Å². The first kappa shape index (κ1) is 13.6. The van der Waals surface area contributed by atoms with E-state index in [9.17, 15) is 9.59 Å². The van der Waals surface area contributed by atoms with Gasteiger partial charge in [-0.05, 0) is 42.6 Å². The first-order valence-electron chi connectivity index (χ1n) is 6.00. The molecule has 0 bridgehead atoms. The summed E-state index contributed by atoms with van der Waals surface area (Å²) in [6.07, 6.45) is 1.80. The normalized spacial score (nSPS) is 10.6. The lowest BCUT2D eigenvalue weighted by Crippen LogP contribution is -1.99. The fourth-order valence-corrected chi connectivity index (χ4v) is 1.82. The lowest BCUT2D eigenvalue weighted by Gasteiger charge is -2.06. The van der Waals surface area contributed by atoms with Crippen molar-refractivity contribution in [3.8, 4) is 5.75 Å². The quantitative estimate of drug-likeness (QED) is 0.463. The maximum atomic E-state index is 11.1. The number of halogens is 1. The van der Waals surface area contributed by atoms with Gasteiger partial charge in [0.05, 0.1) is 6.61 Å². The van der Waals surface area contributed by atoms with Crippen LogP contribution in [0.25, 0.3) is 11.0 Å². The van der Waals surface area contributed by atoms with Crippen LogP contribution in [-0.4, -0.2) is 11.8 Å². The van der Waals surface area contributed by atoms with E-state index in [0.717, 1.165) is 11.8 Å².